The van der Waals surface area contributed by atoms with Crippen molar-refractivity contribution in [1.82, 2.24) is 26.6 Å². The quantitative estimate of drug-likeness (QED) is 0.0308. The molecule has 0 saturated heterocycles. The van der Waals surface area contributed by atoms with Gasteiger partial charge in [-0.3, -0.25) is 24.5 Å². The minimum absolute atomic E-state index is 0.0398. The van der Waals surface area contributed by atoms with Crippen LogP contribution in [0.3, 0.4) is 0 Å². The Bertz CT molecular complexity index is 2300. The Kier molecular flexibility index (Phi) is 21.5. The molecule has 0 spiro atoms. The van der Waals surface area contributed by atoms with Gasteiger partial charge in [-0.2, -0.15) is 0 Å². The van der Waals surface area contributed by atoms with E-state index >= 15 is 4.79 Å². The van der Waals surface area contributed by atoms with E-state index < -0.39 is 107 Å². The van der Waals surface area contributed by atoms with Gasteiger partial charge in [0.15, 0.2) is 0 Å². The van der Waals surface area contributed by atoms with Gasteiger partial charge in [0, 0.05) is 24.4 Å². The summed E-state index contributed by atoms with van der Waals surface area (Å²) in [6.07, 6.45) is -2.46. The fourth-order valence-electron chi connectivity index (χ4n) is 7.45. The van der Waals surface area contributed by atoms with Crippen LogP contribution in [0.1, 0.15) is 91.5 Å². The highest BCUT2D eigenvalue weighted by molar-refractivity contribution is 8.00. The molecule has 0 heterocycles. The van der Waals surface area contributed by atoms with E-state index in [0.29, 0.717) is 11.3 Å². The molecular formula is C54H71ClN6O10S. The van der Waals surface area contributed by atoms with Gasteiger partial charge in [0.05, 0.1) is 29.1 Å². The number of alkyl halides is 1. The van der Waals surface area contributed by atoms with Crippen molar-refractivity contribution in [1.29, 1.82) is 0 Å². The van der Waals surface area contributed by atoms with Crippen molar-refractivity contribution in [2.24, 2.45) is 0 Å². The highest BCUT2D eigenvalue weighted by Gasteiger charge is 2.40. The third-order valence-electron chi connectivity index (χ3n) is 10.6. The number of hydrogen-bond donors (Lipinski definition) is 7. The molecule has 0 fully saturated rings. The molecule has 4 aromatic rings. The van der Waals surface area contributed by atoms with E-state index in [2.05, 4.69) is 31.9 Å². The molecule has 4 aromatic carbocycles. The first kappa shape index (κ1) is 58.4. The molecule has 5 atom stereocenters. The Morgan fingerprint density at radius 2 is 1.04 bits per heavy atom. The molecule has 0 aliphatic rings. The van der Waals surface area contributed by atoms with Gasteiger partial charge in [-0.1, -0.05) is 103 Å². The molecule has 7 N–H and O–H groups in total. The topological polar surface area (TPSA) is 223 Å². The zero-order valence-corrected chi connectivity index (χ0v) is 44.4. The van der Waals surface area contributed by atoms with Crippen LogP contribution in [0.5, 0.6) is 0 Å². The first-order valence-corrected chi connectivity index (χ1v) is 25.3. The lowest BCUT2D eigenvalue weighted by Gasteiger charge is -2.37. The van der Waals surface area contributed by atoms with Gasteiger partial charge in [-0.05, 0) is 104 Å². The summed E-state index contributed by atoms with van der Waals surface area (Å²) < 4.78 is 16.0. The van der Waals surface area contributed by atoms with Crippen LogP contribution >= 0.6 is 23.4 Å². The Morgan fingerprint density at radius 1 is 0.583 bits per heavy atom. The maximum atomic E-state index is 15.0. The summed E-state index contributed by atoms with van der Waals surface area (Å²) in [6.45, 7) is 16.5. The van der Waals surface area contributed by atoms with Crippen molar-refractivity contribution in [3.63, 3.8) is 0 Å². The highest BCUT2D eigenvalue weighted by Crippen LogP contribution is 2.48. The molecule has 0 aliphatic carbocycles. The second-order valence-electron chi connectivity index (χ2n) is 20.1. The lowest BCUT2D eigenvalue weighted by atomic mass is 9.84. The molecule has 390 valence electrons. The standard InChI is InChI=1S/C54H71ClN6O10S/c1-35(69-51(2,3)4)43(33-62)59-48(66)44(34-72-54(37-20-14-11-15-21-37,38-22-16-12-17-23-38)39-24-18-13-19-25-39)60-46(64)41(30-36-26-28-40(29-27-36)57-49(67)70-52(5,6)7)58-47(65)42(32-56-45(63)31-55)61-50(68)71-53(8,9)10/h11-29,35,41-44,62H,30-34H2,1-10H3,(H,56,63)(H,57,67)(H,58,65)(H,59,66)(H,60,64)(H,61,68)/t35-,41+,42+,43-,44+/m1/s1. The number of nitrogens with one attached hydrogen (secondary N) is 6. The Labute approximate surface area is 432 Å². The summed E-state index contributed by atoms with van der Waals surface area (Å²) in [7, 11) is 0. The number of hydrogen-bond acceptors (Lipinski definition) is 11. The molecule has 0 unspecified atom stereocenters. The molecule has 0 radical (unpaired) electrons. The zero-order chi connectivity index (χ0) is 53.3. The molecule has 4 rings (SSSR count). The fraction of sp³-hybridized carbons (Fsp3) is 0.444. The van der Waals surface area contributed by atoms with Gasteiger partial charge >= 0.3 is 12.2 Å². The van der Waals surface area contributed by atoms with E-state index in [1.807, 2.05) is 112 Å². The molecular weight excluding hydrogens is 960 g/mol. The van der Waals surface area contributed by atoms with Crippen molar-refractivity contribution in [3.8, 4) is 0 Å². The van der Waals surface area contributed by atoms with Crippen molar-refractivity contribution in [3.05, 3.63) is 138 Å². The van der Waals surface area contributed by atoms with Crippen LogP contribution in [0.15, 0.2) is 115 Å². The number of rotatable bonds is 22. The number of carbonyl (C=O) groups excluding carboxylic acids is 6. The van der Waals surface area contributed by atoms with Crippen LogP contribution in [-0.2, 0) is 44.6 Å². The van der Waals surface area contributed by atoms with E-state index in [4.69, 9.17) is 25.8 Å². The first-order valence-electron chi connectivity index (χ1n) is 23.7. The van der Waals surface area contributed by atoms with Gasteiger partial charge in [-0.25, -0.2) is 9.59 Å². The number of anilines is 1. The van der Waals surface area contributed by atoms with Crippen LogP contribution in [-0.4, -0.2) is 113 Å². The third-order valence-corrected chi connectivity index (χ3v) is 12.5. The SMILES string of the molecule is C[C@@H](OC(C)(C)C)[C@@H](CO)NC(=O)[C@H](CSC(c1ccccc1)(c1ccccc1)c1ccccc1)NC(=O)[C@H](Cc1ccc(NC(=O)OC(C)(C)C)cc1)NC(=O)[C@H](CNC(=O)CCl)NC(=O)OC(C)(C)C. The van der Waals surface area contributed by atoms with Crippen LogP contribution in [0.25, 0.3) is 0 Å². The molecule has 6 amide bonds. The number of ether oxygens (including phenoxy) is 3. The molecule has 0 aliphatic heterocycles. The normalized spacial score (nSPS) is 14.0. The average molecular weight is 1030 g/mol. The van der Waals surface area contributed by atoms with E-state index in [9.17, 15) is 29.1 Å². The Balaban J connectivity index is 1.82. The molecule has 72 heavy (non-hydrogen) atoms. The van der Waals surface area contributed by atoms with Gasteiger partial charge in [0.2, 0.25) is 23.6 Å². The van der Waals surface area contributed by atoms with E-state index in [-0.39, 0.29) is 12.2 Å². The summed E-state index contributed by atoms with van der Waals surface area (Å²) in [4.78, 5) is 82.1. The van der Waals surface area contributed by atoms with E-state index in [0.717, 1.165) is 16.7 Å². The van der Waals surface area contributed by atoms with Crippen LogP contribution in [0, 0.1) is 0 Å². The van der Waals surface area contributed by atoms with Crippen LogP contribution < -0.4 is 31.9 Å². The minimum Gasteiger partial charge on any atom is -0.444 e. The molecule has 16 nitrogen and oxygen atoms in total. The van der Waals surface area contributed by atoms with Crippen molar-refractivity contribution in [2.45, 2.75) is 127 Å². The maximum absolute atomic E-state index is 15.0. The number of halogens is 1. The van der Waals surface area contributed by atoms with E-state index in [1.54, 1.807) is 72.7 Å². The number of thioether (sulfide) groups is 1. The fourth-order valence-corrected chi connectivity index (χ4v) is 9.11. The molecule has 0 bridgehead atoms. The van der Waals surface area contributed by atoms with Crippen molar-refractivity contribution in [2.75, 3.05) is 30.1 Å². The third kappa shape index (κ3) is 18.8. The highest BCUT2D eigenvalue weighted by atomic mass is 35.5. The average Bonchev–Trinajstić information content (AvgIpc) is 3.31. The summed E-state index contributed by atoms with van der Waals surface area (Å²) in [5.41, 5.74) is 1.30. The Morgan fingerprint density at radius 3 is 1.50 bits per heavy atom. The van der Waals surface area contributed by atoms with Gasteiger partial charge < -0.3 is 45.9 Å². The predicted molar refractivity (Wildman–Crippen MR) is 282 cm³/mol. The number of alkyl carbamates (subject to hydrolysis) is 1. The van der Waals surface area contributed by atoms with Gasteiger partial charge in [0.1, 0.15) is 35.2 Å². The minimum atomic E-state index is -1.46. The van der Waals surface area contributed by atoms with Crippen LogP contribution in [0.2, 0.25) is 0 Å². The van der Waals surface area contributed by atoms with Gasteiger partial charge in [-0.15, -0.1) is 23.4 Å². The Hall–Kier alpha value is -6.14. The number of aliphatic hydroxyl groups is 1. The second kappa shape index (κ2) is 26.5. The van der Waals surface area contributed by atoms with Crippen LogP contribution in [0.4, 0.5) is 15.3 Å². The molecule has 18 heteroatoms. The van der Waals surface area contributed by atoms with Crippen molar-refractivity contribution >= 4 is 64.9 Å². The molecule has 0 aromatic heterocycles. The predicted octanol–water partition coefficient (Wildman–Crippen LogP) is 7.20. The molecule has 0 saturated carbocycles. The number of amides is 6. The number of carbonyl (C=O) groups is 6. The van der Waals surface area contributed by atoms with Gasteiger partial charge in [0.25, 0.3) is 0 Å². The number of aliphatic hydroxyl groups excluding tert-OH is 1. The van der Waals surface area contributed by atoms with E-state index in [1.165, 1.54) is 11.8 Å². The summed E-state index contributed by atoms with van der Waals surface area (Å²) in [5, 5.41) is 26.9. The first-order chi connectivity index (χ1) is 33.8. The lowest BCUT2D eigenvalue weighted by Crippen LogP contribution is -2.60. The monoisotopic (exact) mass is 1030 g/mol. The summed E-state index contributed by atoms with van der Waals surface area (Å²) >= 11 is 7.16. The summed E-state index contributed by atoms with van der Waals surface area (Å²) in [5.74, 6) is -3.39. The summed E-state index contributed by atoms with van der Waals surface area (Å²) in [6, 6.07) is 30.8. The van der Waals surface area contributed by atoms with Crippen molar-refractivity contribution < 1.29 is 48.1 Å². The number of benzene rings is 4. The second-order valence-corrected chi connectivity index (χ2v) is 21.6. The zero-order valence-electron chi connectivity index (χ0n) is 42.8. The maximum Gasteiger partial charge on any atom is 0.412 e. The lowest BCUT2D eigenvalue weighted by molar-refractivity contribution is -0.133. The smallest absolute Gasteiger partial charge is 0.412 e. The largest absolute Gasteiger partial charge is 0.444 e.